The fourth-order valence-corrected chi connectivity index (χ4v) is 0.791. The molecule has 0 saturated carbocycles. The van der Waals surface area contributed by atoms with Crippen LogP contribution in [0.25, 0.3) is 0 Å². The van der Waals surface area contributed by atoms with Crippen molar-refractivity contribution in [3.63, 3.8) is 0 Å². The maximum Gasteiger partial charge on any atom is 0.339 e. The van der Waals surface area contributed by atoms with Crippen LogP contribution in [0.4, 0.5) is 10.1 Å². The van der Waals surface area contributed by atoms with Crippen molar-refractivity contribution in [1.82, 2.24) is 4.98 Å². The first kappa shape index (κ1) is 9.44. The van der Waals surface area contributed by atoms with Crippen LogP contribution in [0.2, 0.25) is 0 Å². The minimum Gasteiger partial charge on any atom is -0.462 e. The molecule has 0 radical (unpaired) electrons. The van der Waals surface area contributed by atoms with Gasteiger partial charge in [-0.2, -0.15) is 4.39 Å². The van der Waals surface area contributed by atoms with E-state index < -0.39 is 11.9 Å². The number of esters is 1. The maximum absolute atomic E-state index is 12.6. The molecule has 1 aromatic rings. The van der Waals surface area contributed by atoms with Gasteiger partial charge >= 0.3 is 5.97 Å². The van der Waals surface area contributed by atoms with Crippen LogP contribution in [-0.2, 0) is 4.74 Å². The van der Waals surface area contributed by atoms with E-state index in [2.05, 4.69) is 9.72 Å². The number of nitrogens with zero attached hydrogens (tertiary/aromatic N) is 1. The van der Waals surface area contributed by atoms with E-state index in [1.165, 1.54) is 6.07 Å². The van der Waals surface area contributed by atoms with Crippen molar-refractivity contribution in [3.8, 4) is 0 Å². The number of rotatable bonds is 2. The Morgan fingerprint density at radius 1 is 1.77 bits per heavy atom. The third kappa shape index (κ3) is 2.14. The fourth-order valence-electron chi connectivity index (χ4n) is 0.791. The number of hydrogen-bond acceptors (Lipinski definition) is 4. The monoisotopic (exact) mass is 184 g/mol. The topological polar surface area (TPSA) is 65.2 Å². The molecule has 5 heteroatoms. The van der Waals surface area contributed by atoms with Gasteiger partial charge in [0.1, 0.15) is 0 Å². The summed E-state index contributed by atoms with van der Waals surface area (Å²) in [5.41, 5.74) is 5.20. The summed E-state index contributed by atoms with van der Waals surface area (Å²) in [5.74, 6) is -1.34. The van der Waals surface area contributed by atoms with Crippen molar-refractivity contribution in [2.45, 2.75) is 6.92 Å². The zero-order chi connectivity index (χ0) is 9.84. The third-order valence-corrected chi connectivity index (χ3v) is 1.38. The van der Waals surface area contributed by atoms with Crippen LogP contribution in [0, 0.1) is 5.95 Å². The first-order valence-corrected chi connectivity index (χ1v) is 3.73. The van der Waals surface area contributed by atoms with Gasteiger partial charge in [-0.25, -0.2) is 9.78 Å². The molecule has 4 nitrogen and oxygen atoms in total. The van der Waals surface area contributed by atoms with E-state index in [1.807, 2.05) is 0 Å². The van der Waals surface area contributed by atoms with E-state index >= 15 is 0 Å². The maximum atomic E-state index is 12.6. The number of aromatic nitrogens is 1. The first-order valence-electron chi connectivity index (χ1n) is 3.73. The molecule has 0 fully saturated rings. The molecule has 0 aromatic carbocycles. The van der Waals surface area contributed by atoms with Gasteiger partial charge < -0.3 is 10.5 Å². The molecule has 70 valence electrons. The fraction of sp³-hybridized carbons (Fsp3) is 0.250. The van der Waals surface area contributed by atoms with Gasteiger partial charge in [-0.15, -0.1) is 0 Å². The first-order chi connectivity index (χ1) is 6.15. The van der Waals surface area contributed by atoms with Crippen LogP contribution in [0.5, 0.6) is 0 Å². The third-order valence-electron chi connectivity index (χ3n) is 1.38. The van der Waals surface area contributed by atoms with Crippen molar-refractivity contribution in [2.24, 2.45) is 0 Å². The van der Waals surface area contributed by atoms with E-state index in [4.69, 9.17) is 5.73 Å². The molecule has 1 aromatic heterocycles. The standard InChI is InChI=1S/C8H9FN2O2/c1-2-13-8(12)5-3-6(10)7(9)11-4-5/h3-4H,2,10H2,1H3. The smallest absolute Gasteiger partial charge is 0.339 e. The molecule has 0 spiro atoms. The summed E-state index contributed by atoms with van der Waals surface area (Å²) in [5, 5.41) is 0. The second-order valence-electron chi connectivity index (χ2n) is 2.32. The Kier molecular flexibility index (Phi) is 2.79. The van der Waals surface area contributed by atoms with Gasteiger partial charge in [0.2, 0.25) is 5.95 Å². The molecular formula is C8H9FN2O2. The summed E-state index contributed by atoms with van der Waals surface area (Å²) < 4.78 is 17.2. The van der Waals surface area contributed by atoms with Gasteiger partial charge in [0.25, 0.3) is 0 Å². The molecule has 1 rings (SSSR count). The van der Waals surface area contributed by atoms with Gasteiger partial charge in [0.05, 0.1) is 17.9 Å². The average Bonchev–Trinajstić information content (AvgIpc) is 2.10. The Bertz CT molecular complexity index is 328. The van der Waals surface area contributed by atoms with Gasteiger partial charge in [0.15, 0.2) is 0 Å². The zero-order valence-corrected chi connectivity index (χ0v) is 7.08. The van der Waals surface area contributed by atoms with Crippen LogP contribution >= 0.6 is 0 Å². The molecule has 0 aliphatic rings. The van der Waals surface area contributed by atoms with Crippen LogP contribution in [0.1, 0.15) is 17.3 Å². The number of ether oxygens (including phenoxy) is 1. The van der Waals surface area contributed by atoms with E-state index in [0.29, 0.717) is 0 Å². The number of anilines is 1. The minimum atomic E-state index is -0.784. The summed E-state index contributed by atoms with van der Waals surface area (Å²) in [6, 6.07) is 1.19. The highest BCUT2D eigenvalue weighted by atomic mass is 19.1. The van der Waals surface area contributed by atoms with E-state index in [9.17, 15) is 9.18 Å². The molecule has 0 amide bonds. The summed E-state index contributed by atoms with van der Waals surface area (Å²) in [4.78, 5) is 14.4. The van der Waals surface area contributed by atoms with Crippen molar-refractivity contribution >= 4 is 11.7 Å². The molecule has 0 atom stereocenters. The van der Waals surface area contributed by atoms with Crippen LogP contribution in [-0.4, -0.2) is 17.6 Å². The highest BCUT2D eigenvalue weighted by molar-refractivity contribution is 5.89. The van der Waals surface area contributed by atoms with Crippen LogP contribution in [0.15, 0.2) is 12.3 Å². The van der Waals surface area contributed by atoms with Crippen molar-refractivity contribution in [2.75, 3.05) is 12.3 Å². The molecule has 0 aliphatic carbocycles. The average molecular weight is 184 g/mol. The number of halogens is 1. The number of nitrogens with two attached hydrogens (primary N) is 1. The highest BCUT2D eigenvalue weighted by Gasteiger charge is 2.09. The number of pyridine rings is 1. The number of carbonyl (C=O) groups is 1. The Hall–Kier alpha value is -1.65. The Balaban J connectivity index is 2.90. The van der Waals surface area contributed by atoms with Crippen LogP contribution in [0.3, 0.4) is 0 Å². The molecule has 2 N–H and O–H groups in total. The molecule has 13 heavy (non-hydrogen) atoms. The van der Waals surface area contributed by atoms with Crippen molar-refractivity contribution in [1.29, 1.82) is 0 Å². The van der Waals surface area contributed by atoms with Gasteiger partial charge in [-0.1, -0.05) is 0 Å². The van der Waals surface area contributed by atoms with Crippen LogP contribution < -0.4 is 5.73 Å². The van der Waals surface area contributed by atoms with Gasteiger partial charge in [-0.05, 0) is 13.0 Å². The second-order valence-corrected chi connectivity index (χ2v) is 2.32. The van der Waals surface area contributed by atoms with Gasteiger partial charge in [0, 0.05) is 6.20 Å². The van der Waals surface area contributed by atoms with E-state index in [1.54, 1.807) is 6.92 Å². The predicted octanol–water partition coefficient (Wildman–Crippen LogP) is 0.980. The number of nitrogen functional groups attached to an aromatic ring is 1. The summed E-state index contributed by atoms with van der Waals surface area (Å²) in [7, 11) is 0. The largest absolute Gasteiger partial charge is 0.462 e. The van der Waals surface area contributed by atoms with E-state index in [-0.39, 0.29) is 17.9 Å². The summed E-state index contributed by atoms with van der Waals surface area (Å²) in [6.07, 6.45) is 1.09. The predicted molar refractivity (Wildman–Crippen MR) is 44.6 cm³/mol. The molecular weight excluding hydrogens is 175 g/mol. The quantitative estimate of drug-likeness (QED) is 0.549. The van der Waals surface area contributed by atoms with Crippen molar-refractivity contribution < 1.29 is 13.9 Å². The summed E-state index contributed by atoms with van der Waals surface area (Å²) >= 11 is 0. The second kappa shape index (κ2) is 3.84. The summed E-state index contributed by atoms with van der Waals surface area (Å²) in [6.45, 7) is 1.94. The molecule has 0 unspecified atom stereocenters. The van der Waals surface area contributed by atoms with Crippen molar-refractivity contribution in [3.05, 3.63) is 23.8 Å². The lowest BCUT2D eigenvalue weighted by molar-refractivity contribution is 0.0526. The number of carbonyl (C=O) groups excluding carboxylic acids is 1. The Labute approximate surface area is 74.5 Å². The minimum absolute atomic E-state index is 0.153. The number of hydrogen-bond donors (Lipinski definition) is 1. The molecule has 0 aliphatic heterocycles. The SMILES string of the molecule is CCOC(=O)c1cnc(F)c(N)c1. The lowest BCUT2D eigenvalue weighted by Gasteiger charge is -2.01. The lowest BCUT2D eigenvalue weighted by atomic mass is 10.2. The molecule has 0 bridgehead atoms. The molecule has 1 heterocycles. The highest BCUT2D eigenvalue weighted by Crippen LogP contribution is 2.09. The zero-order valence-electron chi connectivity index (χ0n) is 7.08. The Morgan fingerprint density at radius 2 is 2.46 bits per heavy atom. The van der Waals surface area contributed by atoms with Gasteiger partial charge in [-0.3, -0.25) is 0 Å². The van der Waals surface area contributed by atoms with E-state index in [0.717, 1.165) is 6.20 Å². The lowest BCUT2D eigenvalue weighted by Crippen LogP contribution is -2.07. The Morgan fingerprint density at radius 3 is 3.00 bits per heavy atom. The normalized spacial score (nSPS) is 9.69. The molecule has 0 saturated heterocycles.